The second-order valence-electron chi connectivity index (χ2n) is 12.9. The van der Waals surface area contributed by atoms with Gasteiger partial charge in [0.25, 0.3) is 0 Å². The lowest BCUT2D eigenvalue weighted by Crippen LogP contribution is -2.29. The zero-order valence-corrected chi connectivity index (χ0v) is 27.5. The molecular formula is C47H31NS. The standard InChI is InChI=1S/C47H31NS/c1-3-14-33(15-4-1)47(34-16-5-2-6-17-34)42-23-10-9-19-38(42)39-21-11-20-36(44(39)47)32-25-28-35(29-26-32)48-43-24-12-22-40-41-30-27-31-13-7-8-18-37(31)45(41)49-46(40)43/h1-30,48H. The maximum absolute atomic E-state index is 3.78. The lowest BCUT2D eigenvalue weighted by molar-refractivity contribution is 0.770. The van der Waals surface area contributed by atoms with Crippen molar-refractivity contribution >= 4 is 53.7 Å². The van der Waals surface area contributed by atoms with Gasteiger partial charge in [0.2, 0.25) is 0 Å². The molecule has 0 saturated carbocycles. The monoisotopic (exact) mass is 641 g/mol. The maximum atomic E-state index is 3.78. The molecule has 1 aromatic heterocycles. The molecule has 0 bridgehead atoms. The van der Waals surface area contributed by atoms with Crippen LogP contribution in [0.3, 0.4) is 0 Å². The van der Waals surface area contributed by atoms with E-state index in [1.807, 2.05) is 11.3 Å². The summed E-state index contributed by atoms with van der Waals surface area (Å²) in [5, 5.41) is 8.99. The molecule has 0 aliphatic heterocycles. The van der Waals surface area contributed by atoms with Crippen LogP contribution in [0.5, 0.6) is 0 Å². The van der Waals surface area contributed by atoms with Crippen molar-refractivity contribution in [1.29, 1.82) is 0 Å². The second kappa shape index (κ2) is 11.1. The minimum Gasteiger partial charge on any atom is -0.354 e. The Kier molecular flexibility index (Phi) is 6.34. The van der Waals surface area contributed by atoms with Crippen molar-refractivity contribution in [1.82, 2.24) is 0 Å². The lowest BCUT2D eigenvalue weighted by atomic mass is 9.66. The normalized spacial score (nSPS) is 13.1. The van der Waals surface area contributed by atoms with Crippen LogP contribution in [0.1, 0.15) is 22.3 Å². The topological polar surface area (TPSA) is 12.0 Å². The van der Waals surface area contributed by atoms with Gasteiger partial charge in [-0.3, -0.25) is 0 Å². The summed E-state index contributed by atoms with van der Waals surface area (Å²) in [5.41, 5.74) is 12.1. The number of fused-ring (bicyclic) bond motifs is 8. The smallest absolute Gasteiger partial charge is 0.0719 e. The molecule has 0 atom stereocenters. The van der Waals surface area contributed by atoms with Gasteiger partial charge in [-0.1, -0.05) is 164 Å². The molecule has 1 N–H and O–H groups in total. The largest absolute Gasteiger partial charge is 0.354 e. The molecule has 1 aliphatic rings. The summed E-state index contributed by atoms with van der Waals surface area (Å²) in [5.74, 6) is 0. The van der Waals surface area contributed by atoms with E-state index < -0.39 is 5.41 Å². The Bertz CT molecular complexity index is 2630. The van der Waals surface area contributed by atoms with E-state index in [1.165, 1.54) is 75.5 Å². The van der Waals surface area contributed by atoms with Crippen LogP contribution in [0.4, 0.5) is 11.4 Å². The third kappa shape index (κ3) is 4.18. The van der Waals surface area contributed by atoms with Crippen LogP contribution in [0.25, 0.3) is 53.2 Å². The van der Waals surface area contributed by atoms with Crippen LogP contribution in [0.2, 0.25) is 0 Å². The number of rotatable bonds is 5. The molecule has 0 saturated heterocycles. The number of hydrogen-bond donors (Lipinski definition) is 1. The minimum absolute atomic E-state index is 0.442. The summed E-state index contributed by atoms with van der Waals surface area (Å²) in [6, 6.07) is 66.7. The molecule has 9 aromatic rings. The van der Waals surface area contributed by atoms with Crippen molar-refractivity contribution < 1.29 is 0 Å². The van der Waals surface area contributed by atoms with E-state index in [0.29, 0.717) is 0 Å². The molecule has 0 spiro atoms. The average molecular weight is 642 g/mol. The first-order valence-corrected chi connectivity index (χ1v) is 17.7. The summed E-state index contributed by atoms with van der Waals surface area (Å²) < 4.78 is 2.63. The first-order valence-electron chi connectivity index (χ1n) is 16.9. The van der Waals surface area contributed by atoms with Gasteiger partial charge in [0, 0.05) is 21.2 Å². The predicted molar refractivity (Wildman–Crippen MR) is 209 cm³/mol. The van der Waals surface area contributed by atoms with E-state index in [-0.39, 0.29) is 0 Å². The molecule has 1 aliphatic carbocycles. The summed E-state index contributed by atoms with van der Waals surface area (Å²) in [6.07, 6.45) is 0. The molecule has 0 unspecified atom stereocenters. The fourth-order valence-corrected chi connectivity index (χ4v) is 9.56. The molecule has 2 heteroatoms. The molecule has 8 aromatic carbocycles. The van der Waals surface area contributed by atoms with Crippen LogP contribution >= 0.6 is 11.3 Å². The molecule has 10 rings (SSSR count). The Hall–Kier alpha value is -5.96. The Morgan fingerprint density at radius 1 is 0.408 bits per heavy atom. The Morgan fingerprint density at radius 3 is 1.82 bits per heavy atom. The van der Waals surface area contributed by atoms with Crippen molar-refractivity contribution in [2.45, 2.75) is 5.41 Å². The number of benzene rings is 8. The number of anilines is 2. The van der Waals surface area contributed by atoms with Gasteiger partial charge in [-0.2, -0.15) is 0 Å². The van der Waals surface area contributed by atoms with E-state index >= 15 is 0 Å². The van der Waals surface area contributed by atoms with Gasteiger partial charge in [-0.15, -0.1) is 11.3 Å². The van der Waals surface area contributed by atoms with E-state index in [1.54, 1.807) is 0 Å². The van der Waals surface area contributed by atoms with Crippen LogP contribution < -0.4 is 5.32 Å². The molecule has 230 valence electrons. The van der Waals surface area contributed by atoms with E-state index in [0.717, 1.165) is 11.4 Å². The highest BCUT2D eigenvalue weighted by Crippen LogP contribution is 2.58. The van der Waals surface area contributed by atoms with Crippen molar-refractivity contribution in [2.24, 2.45) is 0 Å². The fraction of sp³-hybridized carbons (Fsp3) is 0.0213. The maximum Gasteiger partial charge on any atom is 0.0719 e. The van der Waals surface area contributed by atoms with Crippen LogP contribution in [0.15, 0.2) is 182 Å². The second-order valence-corrected chi connectivity index (χ2v) is 13.9. The van der Waals surface area contributed by atoms with Crippen molar-refractivity contribution in [3.05, 3.63) is 204 Å². The van der Waals surface area contributed by atoms with Crippen LogP contribution in [0, 0.1) is 0 Å². The van der Waals surface area contributed by atoms with E-state index in [2.05, 4.69) is 187 Å². The summed E-state index contributed by atoms with van der Waals surface area (Å²) in [7, 11) is 0. The number of nitrogens with one attached hydrogen (secondary N) is 1. The predicted octanol–water partition coefficient (Wildman–Crippen LogP) is 13.0. The van der Waals surface area contributed by atoms with Crippen molar-refractivity contribution in [3.63, 3.8) is 0 Å². The SMILES string of the molecule is c1ccc(C2(c3ccccc3)c3ccccc3-c3cccc(-c4ccc(Nc5cccc6c5sc5c7ccccc7ccc65)cc4)c32)cc1. The molecule has 1 nitrogen and oxygen atoms in total. The Morgan fingerprint density at radius 2 is 1.02 bits per heavy atom. The van der Waals surface area contributed by atoms with Gasteiger partial charge in [0.1, 0.15) is 0 Å². The first kappa shape index (κ1) is 28.1. The molecule has 1 heterocycles. The summed E-state index contributed by atoms with van der Waals surface area (Å²) >= 11 is 1.88. The van der Waals surface area contributed by atoms with Gasteiger partial charge >= 0.3 is 0 Å². The summed E-state index contributed by atoms with van der Waals surface area (Å²) in [4.78, 5) is 0. The van der Waals surface area contributed by atoms with Crippen molar-refractivity contribution in [3.8, 4) is 22.3 Å². The third-order valence-electron chi connectivity index (χ3n) is 10.3. The van der Waals surface area contributed by atoms with E-state index in [4.69, 9.17) is 0 Å². The van der Waals surface area contributed by atoms with Gasteiger partial charge in [0.15, 0.2) is 0 Å². The number of thiophene rings is 1. The summed E-state index contributed by atoms with van der Waals surface area (Å²) in [6.45, 7) is 0. The Balaban J connectivity index is 1.11. The molecule has 0 amide bonds. The minimum atomic E-state index is -0.442. The quantitative estimate of drug-likeness (QED) is 0.197. The van der Waals surface area contributed by atoms with E-state index in [9.17, 15) is 0 Å². The zero-order chi connectivity index (χ0) is 32.4. The van der Waals surface area contributed by atoms with Crippen LogP contribution in [-0.4, -0.2) is 0 Å². The van der Waals surface area contributed by atoms with Crippen molar-refractivity contribution in [2.75, 3.05) is 5.32 Å². The fourth-order valence-electron chi connectivity index (χ4n) is 8.26. The number of hydrogen-bond acceptors (Lipinski definition) is 2. The van der Waals surface area contributed by atoms with Crippen LogP contribution in [-0.2, 0) is 5.41 Å². The zero-order valence-electron chi connectivity index (χ0n) is 26.7. The van der Waals surface area contributed by atoms with Gasteiger partial charge < -0.3 is 5.32 Å². The molecule has 0 radical (unpaired) electrons. The third-order valence-corrected chi connectivity index (χ3v) is 11.6. The Labute approximate surface area is 289 Å². The first-order chi connectivity index (χ1) is 24.3. The molecular weight excluding hydrogens is 611 g/mol. The molecule has 49 heavy (non-hydrogen) atoms. The van der Waals surface area contributed by atoms with Gasteiger partial charge in [-0.05, 0) is 73.5 Å². The average Bonchev–Trinajstić information content (AvgIpc) is 3.71. The highest BCUT2D eigenvalue weighted by molar-refractivity contribution is 7.27. The van der Waals surface area contributed by atoms with Gasteiger partial charge in [0.05, 0.1) is 15.8 Å². The highest BCUT2D eigenvalue weighted by atomic mass is 32.1. The van der Waals surface area contributed by atoms with Gasteiger partial charge in [-0.25, -0.2) is 0 Å². The lowest BCUT2D eigenvalue weighted by Gasteiger charge is -2.35. The highest BCUT2D eigenvalue weighted by Gasteiger charge is 2.47. The molecule has 0 fully saturated rings.